The summed E-state index contributed by atoms with van der Waals surface area (Å²) in [5.41, 5.74) is 1.91. The average Bonchev–Trinajstić information content (AvgIpc) is 2.62. The van der Waals surface area contributed by atoms with E-state index in [-0.39, 0.29) is 11.9 Å². The highest BCUT2D eigenvalue weighted by Crippen LogP contribution is 2.27. The van der Waals surface area contributed by atoms with Gasteiger partial charge in [-0.2, -0.15) is 0 Å². The Bertz CT molecular complexity index is 678. The third-order valence-corrected chi connectivity index (χ3v) is 8.48. The maximum atomic E-state index is 12.0. The van der Waals surface area contributed by atoms with E-state index in [4.69, 9.17) is 9.05 Å². The third kappa shape index (κ3) is 8.36. The van der Waals surface area contributed by atoms with E-state index in [1.807, 2.05) is 48.5 Å². The standard InChI is InChI=1S/C16H17I2O5PS2/c17-15-7-3-1-5-13(15)9-25(20)11-22-24(19)23-12-26(21)10-14-6-2-4-8-16(14)18/h1-8,24H,9-12H2/t25-,26-/m0/s1. The monoisotopic (exact) mass is 638 g/mol. The molecule has 2 aromatic rings. The molecular formula is C16H17I2O5PS2. The molecule has 2 aromatic carbocycles. The van der Waals surface area contributed by atoms with Crippen LogP contribution in [0.1, 0.15) is 11.1 Å². The Morgan fingerprint density at radius 3 is 1.58 bits per heavy atom. The third-order valence-electron chi connectivity index (χ3n) is 3.17. The lowest BCUT2D eigenvalue weighted by molar-refractivity contribution is 0.275. The van der Waals surface area contributed by atoms with Gasteiger partial charge in [0.05, 0.1) is 0 Å². The summed E-state index contributed by atoms with van der Waals surface area (Å²) in [7, 11) is -2.82. The van der Waals surface area contributed by atoms with Crippen LogP contribution < -0.4 is 0 Å². The summed E-state index contributed by atoms with van der Waals surface area (Å²) in [4.78, 5) is 0. The van der Waals surface area contributed by atoms with Gasteiger partial charge >= 0.3 is 8.25 Å². The highest BCUT2D eigenvalue weighted by Gasteiger charge is 2.15. The van der Waals surface area contributed by atoms with Crippen molar-refractivity contribution >= 4 is 75.8 Å². The normalized spacial score (nSPS) is 13.7. The minimum atomic E-state index is -2.82. The van der Waals surface area contributed by atoms with E-state index in [9.17, 15) is 13.7 Å². The second-order valence-electron chi connectivity index (χ2n) is 5.13. The zero-order chi connectivity index (χ0) is 18.9. The molecule has 0 N–H and O–H groups in total. The van der Waals surface area contributed by atoms with Crippen molar-refractivity contribution in [3.05, 3.63) is 66.8 Å². The first kappa shape index (κ1) is 23.0. The van der Waals surface area contributed by atoms with Gasteiger partial charge in [-0.1, -0.05) is 36.4 Å². The molecule has 0 aliphatic heterocycles. The van der Waals surface area contributed by atoms with Crippen LogP contribution in [0.2, 0.25) is 0 Å². The van der Waals surface area contributed by atoms with Gasteiger partial charge in [0.1, 0.15) is 11.5 Å². The number of hydrogen-bond donors (Lipinski definition) is 0. The summed E-state index contributed by atoms with van der Waals surface area (Å²) >= 11 is 1.74. The molecule has 0 saturated carbocycles. The Balaban J connectivity index is 1.68. The van der Waals surface area contributed by atoms with Gasteiger partial charge in [-0.25, -0.2) is 0 Å². The van der Waals surface area contributed by atoms with E-state index in [0.29, 0.717) is 11.5 Å². The minimum absolute atomic E-state index is 0.175. The summed E-state index contributed by atoms with van der Waals surface area (Å²) in [6.45, 7) is 0. The van der Waals surface area contributed by atoms with E-state index >= 15 is 0 Å². The van der Waals surface area contributed by atoms with Crippen molar-refractivity contribution in [2.75, 3.05) is 11.9 Å². The number of halogens is 2. The summed E-state index contributed by atoms with van der Waals surface area (Å²) in [5.74, 6) is 0.303. The van der Waals surface area contributed by atoms with Gasteiger partial charge in [-0.3, -0.25) is 13.6 Å². The van der Waals surface area contributed by atoms with Gasteiger partial charge in [0.15, 0.2) is 0 Å². The van der Waals surface area contributed by atoms with Crippen LogP contribution in [0.4, 0.5) is 0 Å². The van der Waals surface area contributed by atoms with Crippen LogP contribution in [0.5, 0.6) is 0 Å². The van der Waals surface area contributed by atoms with Crippen LogP contribution in [0.3, 0.4) is 0 Å². The van der Waals surface area contributed by atoms with Crippen LogP contribution >= 0.6 is 53.4 Å². The molecule has 0 aromatic heterocycles. The van der Waals surface area contributed by atoms with Gasteiger partial charge in [0.25, 0.3) is 0 Å². The maximum Gasteiger partial charge on any atom is 0.326 e. The highest BCUT2D eigenvalue weighted by molar-refractivity contribution is 14.1. The van der Waals surface area contributed by atoms with Crippen molar-refractivity contribution in [3.8, 4) is 0 Å². The fourth-order valence-electron chi connectivity index (χ4n) is 1.93. The lowest BCUT2D eigenvalue weighted by Gasteiger charge is -2.14. The summed E-state index contributed by atoms with van der Waals surface area (Å²) in [6, 6.07) is 15.2. The molecule has 2 rings (SSSR count). The Morgan fingerprint density at radius 1 is 0.808 bits per heavy atom. The lowest BCUT2D eigenvalue weighted by atomic mass is 10.2. The zero-order valence-electron chi connectivity index (χ0n) is 13.6. The second-order valence-corrected chi connectivity index (χ2v) is 11.3. The molecular weight excluding hydrogens is 621 g/mol. The molecule has 10 heteroatoms. The van der Waals surface area contributed by atoms with Crippen LogP contribution in [0.15, 0.2) is 48.5 Å². The molecule has 0 fully saturated rings. The number of rotatable bonds is 10. The highest BCUT2D eigenvalue weighted by atomic mass is 127. The second kappa shape index (κ2) is 12.3. The first-order chi connectivity index (χ1) is 12.5. The molecule has 5 nitrogen and oxygen atoms in total. The van der Waals surface area contributed by atoms with Crippen LogP contribution in [0.25, 0.3) is 0 Å². The largest absolute Gasteiger partial charge is 0.614 e. The predicted octanol–water partition coefficient (Wildman–Crippen LogP) is 4.43. The van der Waals surface area contributed by atoms with Crippen molar-refractivity contribution in [2.45, 2.75) is 11.5 Å². The van der Waals surface area contributed by atoms with Gasteiger partial charge in [-0.05, 0) is 79.7 Å². The molecule has 0 amide bonds. The molecule has 0 saturated heterocycles. The average molecular weight is 638 g/mol. The molecule has 142 valence electrons. The Hall–Kier alpha value is 0.670. The smallest absolute Gasteiger partial charge is 0.326 e. The maximum absolute atomic E-state index is 12.0. The molecule has 0 spiro atoms. The Kier molecular flexibility index (Phi) is 10.8. The SMILES string of the molecule is O=[PH](OC[S@@+]([O-])Cc1ccccc1I)OC[S@@+]([O-])Cc1ccccc1I. The van der Waals surface area contributed by atoms with Gasteiger partial charge in [0, 0.05) is 18.3 Å². The number of hydrogen-bond acceptors (Lipinski definition) is 5. The molecule has 0 aliphatic rings. The van der Waals surface area contributed by atoms with Crippen LogP contribution in [-0.2, 0) is 47.5 Å². The van der Waals surface area contributed by atoms with Gasteiger partial charge < -0.3 is 9.11 Å². The van der Waals surface area contributed by atoms with Crippen molar-refractivity contribution in [3.63, 3.8) is 0 Å². The zero-order valence-corrected chi connectivity index (χ0v) is 20.5. The van der Waals surface area contributed by atoms with Gasteiger partial charge in [-0.15, -0.1) is 0 Å². The van der Waals surface area contributed by atoms with Crippen molar-refractivity contribution < 1.29 is 22.7 Å². The molecule has 0 aliphatic carbocycles. The first-order valence-corrected chi connectivity index (χ1v) is 13.8. The lowest BCUT2D eigenvalue weighted by Crippen LogP contribution is -2.13. The summed E-state index contributed by atoms with van der Waals surface area (Å²) in [5, 5.41) is 0. The minimum Gasteiger partial charge on any atom is -0.614 e. The van der Waals surface area contributed by atoms with E-state index in [2.05, 4.69) is 45.2 Å². The Labute approximate surface area is 187 Å². The predicted molar refractivity (Wildman–Crippen MR) is 123 cm³/mol. The molecule has 26 heavy (non-hydrogen) atoms. The van der Waals surface area contributed by atoms with E-state index in [1.165, 1.54) is 0 Å². The van der Waals surface area contributed by atoms with Crippen molar-refractivity contribution in [1.29, 1.82) is 0 Å². The fraction of sp³-hybridized carbons (Fsp3) is 0.250. The van der Waals surface area contributed by atoms with E-state index in [1.54, 1.807) is 0 Å². The molecule has 0 unspecified atom stereocenters. The summed E-state index contributed by atoms with van der Waals surface area (Å²) in [6.07, 6.45) is 0. The molecule has 2 atom stereocenters. The summed E-state index contributed by atoms with van der Waals surface area (Å²) < 4.78 is 47.9. The fourth-order valence-corrected chi connectivity index (χ4v) is 6.87. The topological polar surface area (TPSA) is 81.7 Å². The van der Waals surface area contributed by atoms with Crippen LogP contribution in [-0.4, -0.2) is 21.0 Å². The Morgan fingerprint density at radius 2 is 1.19 bits per heavy atom. The van der Waals surface area contributed by atoms with Crippen molar-refractivity contribution in [2.24, 2.45) is 0 Å². The molecule has 0 heterocycles. The van der Waals surface area contributed by atoms with E-state index < -0.39 is 30.6 Å². The quantitative estimate of drug-likeness (QED) is 0.219. The van der Waals surface area contributed by atoms with Gasteiger partial charge in [0.2, 0.25) is 11.9 Å². The molecule has 0 radical (unpaired) electrons. The van der Waals surface area contributed by atoms with Crippen LogP contribution in [0, 0.1) is 7.14 Å². The first-order valence-electron chi connectivity index (χ1n) is 7.42. The van der Waals surface area contributed by atoms with Crippen molar-refractivity contribution in [1.82, 2.24) is 0 Å². The molecule has 0 bridgehead atoms. The number of benzene rings is 2. The van der Waals surface area contributed by atoms with E-state index in [0.717, 1.165) is 18.3 Å².